The molecule has 0 saturated heterocycles. The van der Waals surface area contributed by atoms with Gasteiger partial charge in [-0.15, -0.1) is 0 Å². The summed E-state index contributed by atoms with van der Waals surface area (Å²) in [5.41, 5.74) is -0.120. The summed E-state index contributed by atoms with van der Waals surface area (Å²) < 4.78 is 4.91. The highest BCUT2D eigenvalue weighted by Crippen LogP contribution is 2.24. The quantitative estimate of drug-likeness (QED) is 0.738. The molecule has 1 aromatic heterocycles. The largest absolute Gasteiger partial charge is 0.476 e. The zero-order valence-electron chi connectivity index (χ0n) is 7.80. The standard InChI is InChI=1S/C8H11NO4S/c1-4(10)5(2)14-8-9-6(3-13-8)7(11)12/h3-5,10H,1-2H3,(H,11,12). The first kappa shape index (κ1) is 11.1. The topological polar surface area (TPSA) is 83.6 Å². The zero-order chi connectivity index (χ0) is 10.7. The van der Waals surface area contributed by atoms with Gasteiger partial charge in [0.2, 0.25) is 0 Å². The number of aromatic nitrogens is 1. The van der Waals surface area contributed by atoms with Crippen LogP contribution in [0.15, 0.2) is 15.9 Å². The van der Waals surface area contributed by atoms with Crippen LogP contribution in [-0.4, -0.2) is 32.5 Å². The van der Waals surface area contributed by atoms with Crippen molar-refractivity contribution in [3.05, 3.63) is 12.0 Å². The Morgan fingerprint density at radius 2 is 2.29 bits per heavy atom. The van der Waals surface area contributed by atoms with Crippen molar-refractivity contribution in [3.8, 4) is 0 Å². The fourth-order valence-electron chi connectivity index (χ4n) is 0.667. The van der Waals surface area contributed by atoms with E-state index in [9.17, 15) is 9.90 Å². The molecule has 0 spiro atoms. The second-order valence-electron chi connectivity index (χ2n) is 2.87. The van der Waals surface area contributed by atoms with Gasteiger partial charge in [-0.3, -0.25) is 0 Å². The van der Waals surface area contributed by atoms with E-state index in [0.717, 1.165) is 6.26 Å². The van der Waals surface area contributed by atoms with Crippen LogP contribution >= 0.6 is 11.8 Å². The molecule has 0 aliphatic heterocycles. The van der Waals surface area contributed by atoms with Crippen LogP contribution in [0, 0.1) is 0 Å². The predicted molar refractivity (Wildman–Crippen MR) is 50.5 cm³/mol. The third-order valence-electron chi connectivity index (χ3n) is 1.67. The number of oxazole rings is 1. The lowest BCUT2D eigenvalue weighted by Gasteiger charge is -2.10. The van der Waals surface area contributed by atoms with E-state index < -0.39 is 12.1 Å². The van der Waals surface area contributed by atoms with E-state index in [0.29, 0.717) is 0 Å². The van der Waals surface area contributed by atoms with Gasteiger partial charge in [0.15, 0.2) is 5.69 Å². The first-order valence-electron chi connectivity index (χ1n) is 4.04. The first-order valence-corrected chi connectivity index (χ1v) is 4.92. The third-order valence-corrected chi connectivity index (χ3v) is 2.82. The smallest absolute Gasteiger partial charge is 0.357 e. The lowest BCUT2D eigenvalue weighted by molar-refractivity contribution is 0.0690. The van der Waals surface area contributed by atoms with Crippen LogP contribution in [0.2, 0.25) is 0 Å². The van der Waals surface area contributed by atoms with Gasteiger partial charge in [0, 0.05) is 5.25 Å². The van der Waals surface area contributed by atoms with Crippen molar-refractivity contribution in [1.82, 2.24) is 4.98 Å². The van der Waals surface area contributed by atoms with Gasteiger partial charge in [-0.1, -0.05) is 18.7 Å². The van der Waals surface area contributed by atoms with Crippen LogP contribution in [0.4, 0.5) is 0 Å². The van der Waals surface area contributed by atoms with Gasteiger partial charge in [-0.25, -0.2) is 4.79 Å². The molecule has 1 aromatic rings. The molecule has 6 heteroatoms. The Bertz CT molecular complexity index is 323. The van der Waals surface area contributed by atoms with Crippen LogP contribution < -0.4 is 0 Å². The summed E-state index contributed by atoms with van der Waals surface area (Å²) in [5.74, 6) is -1.12. The molecule has 2 atom stereocenters. The second-order valence-corrected chi connectivity index (χ2v) is 4.20. The summed E-state index contributed by atoms with van der Waals surface area (Å²) in [5, 5.41) is 17.9. The van der Waals surface area contributed by atoms with E-state index in [1.165, 1.54) is 11.8 Å². The maximum atomic E-state index is 10.5. The number of aliphatic hydroxyl groups is 1. The summed E-state index contributed by atoms with van der Waals surface area (Å²) in [6, 6.07) is 0. The van der Waals surface area contributed by atoms with Gasteiger partial charge in [-0.2, -0.15) is 4.98 Å². The van der Waals surface area contributed by atoms with E-state index in [2.05, 4.69) is 4.98 Å². The normalized spacial score (nSPS) is 15.1. The van der Waals surface area contributed by atoms with Crippen LogP contribution in [0.1, 0.15) is 24.3 Å². The van der Waals surface area contributed by atoms with Crippen molar-refractivity contribution >= 4 is 17.7 Å². The lowest BCUT2D eigenvalue weighted by Crippen LogP contribution is -2.14. The van der Waals surface area contributed by atoms with Crippen LogP contribution in [0.25, 0.3) is 0 Å². The maximum Gasteiger partial charge on any atom is 0.357 e. The Hall–Kier alpha value is -1.01. The maximum absolute atomic E-state index is 10.5. The minimum absolute atomic E-state index is 0.0877. The number of thioether (sulfide) groups is 1. The number of aliphatic hydroxyl groups excluding tert-OH is 1. The summed E-state index contributed by atoms with van der Waals surface area (Å²) in [4.78, 5) is 14.2. The highest BCUT2D eigenvalue weighted by molar-refractivity contribution is 7.99. The SMILES string of the molecule is CC(O)C(C)Sc1nc(C(=O)O)co1. The Morgan fingerprint density at radius 1 is 1.64 bits per heavy atom. The summed E-state index contributed by atoms with van der Waals surface area (Å²) in [7, 11) is 0. The molecule has 0 amide bonds. The number of rotatable bonds is 4. The van der Waals surface area contributed by atoms with Crippen molar-refractivity contribution in [2.24, 2.45) is 0 Å². The molecule has 0 bridgehead atoms. The molecule has 5 nitrogen and oxygen atoms in total. The molecule has 2 N–H and O–H groups in total. The monoisotopic (exact) mass is 217 g/mol. The highest BCUT2D eigenvalue weighted by atomic mass is 32.2. The van der Waals surface area contributed by atoms with Gasteiger partial charge in [0.1, 0.15) is 6.26 Å². The summed E-state index contributed by atoms with van der Waals surface area (Å²) in [6.07, 6.45) is 0.583. The van der Waals surface area contributed by atoms with Gasteiger partial charge in [0.05, 0.1) is 6.10 Å². The van der Waals surface area contributed by atoms with Gasteiger partial charge in [-0.05, 0) is 6.92 Å². The number of carboxylic acids is 1. The number of hydrogen-bond acceptors (Lipinski definition) is 5. The Labute approximate surface area is 85.1 Å². The predicted octanol–water partition coefficient (Wildman–Crippen LogP) is 1.23. The number of carbonyl (C=O) groups is 1. The first-order chi connectivity index (χ1) is 6.50. The molecule has 0 radical (unpaired) electrons. The van der Waals surface area contributed by atoms with E-state index in [1.807, 2.05) is 0 Å². The van der Waals surface area contributed by atoms with E-state index in [1.54, 1.807) is 13.8 Å². The van der Waals surface area contributed by atoms with E-state index in [-0.39, 0.29) is 16.2 Å². The summed E-state index contributed by atoms with van der Waals surface area (Å²) >= 11 is 1.20. The Balaban J connectivity index is 2.64. The van der Waals surface area contributed by atoms with Crippen molar-refractivity contribution in [3.63, 3.8) is 0 Å². The average Bonchev–Trinajstić information content (AvgIpc) is 2.52. The highest BCUT2D eigenvalue weighted by Gasteiger charge is 2.16. The molecule has 0 aromatic carbocycles. The third kappa shape index (κ3) is 2.74. The average molecular weight is 217 g/mol. The Kier molecular flexibility index (Phi) is 3.54. The van der Waals surface area contributed by atoms with Crippen LogP contribution in [-0.2, 0) is 0 Å². The molecule has 0 fully saturated rings. The van der Waals surface area contributed by atoms with Gasteiger partial charge < -0.3 is 14.6 Å². The molecule has 1 rings (SSSR count). The van der Waals surface area contributed by atoms with Crippen molar-refractivity contribution < 1.29 is 19.4 Å². The molecule has 0 saturated carbocycles. The fourth-order valence-corrected chi connectivity index (χ4v) is 1.44. The molecular formula is C8H11NO4S. The molecule has 1 heterocycles. The van der Waals surface area contributed by atoms with Crippen molar-refractivity contribution in [2.75, 3.05) is 0 Å². The van der Waals surface area contributed by atoms with Crippen LogP contribution in [0.5, 0.6) is 0 Å². The number of aromatic carboxylic acids is 1. The lowest BCUT2D eigenvalue weighted by atomic mass is 10.3. The number of carboxylic acid groups (broad SMARTS) is 1. The summed E-state index contributed by atoms with van der Waals surface area (Å²) in [6.45, 7) is 3.46. The second kappa shape index (κ2) is 4.47. The molecule has 2 unspecified atom stereocenters. The number of nitrogens with zero attached hydrogens (tertiary/aromatic N) is 1. The molecule has 0 aliphatic rings. The van der Waals surface area contributed by atoms with Crippen molar-refractivity contribution in [1.29, 1.82) is 0 Å². The molecule has 0 aliphatic carbocycles. The fraction of sp³-hybridized carbons (Fsp3) is 0.500. The Morgan fingerprint density at radius 3 is 2.71 bits per heavy atom. The number of hydrogen-bond donors (Lipinski definition) is 2. The molecule has 14 heavy (non-hydrogen) atoms. The van der Waals surface area contributed by atoms with Crippen molar-refractivity contribution in [2.45, 2.75) is 30.4 Å². The minimum atomic E-state index is -1.12. The minimum Gasteiger partial charge on any atom is -0.476 e. The van der Waals surface area contributed by atoms with Gasteiger partial charge in [0.25, 0.3) is 5.22 Å². The molecule has 78 valence electrons. The van der Waals surface area contributed by atoms with E-state index in [4.69, 9.17) is 9.52 Å². The zero-order valence-corrected chi connectivity index (χ0v) is 8.61. The van der Waals surface area contributed by atoms with Gasteiger partial charge >= 0.3 is 5.97 Å². The molecular weight excluding hydrogens is 206 g/mol. The van der Waals surface area contributed by atoms with Crippen LogP contribution in [0.3, 0.4) is 0 Å². The van der Waals surface area contributed by atoms with E-state index >= 15 is 0 Å².